The van der Waals surface area contributed by atoms with Crippen LogP contribution in [0.5, 0.6) is 0 Å². The van der Waals surface area contributed by atoms with E-state index < -0.39 is 0 Å². The number of hydrogen-bond donors (Lipinski definition) is 1. The van der Waals surface area contributed by atoms with Crippen LogP contribution in [0.2, 0.25) is 10.0 Å². The van der Waals surface area contributed by atoms with E-state index in [1.165, 1.54) is 0 Å². The largest absolute Gasteiger partial charge is 0.353 e. The highest BCUT2D eigenvalue weighted by Gasteiger charge is 2.11. The summed E-state index contributed by atoms with van der Waals surface area (Å²) in [5.41, 5.74) is 2.94. The third kappa shape index (κ3) is 2.87. The molecule has 0 saturated carbocycles. The summed E-state index contributed by atoms with van der Waals surface area (Å²) in [6, 6.07) is 11.3. The molecule has 0 saturated heterocycles. The fourth-order valence-corrected chi connectivity index (χ4v) is 2.51. The molecule has 5 heteroatoms. The lowest BCUT2D eigenvalue weighted by molar-refractivity contribution is 1.39. The maximum atomic E-state index is 9.13. The summed E-state index contributed by atoms with van der Waals surface area (Å²) in [4.78, 5) is 0. The number of nitrogens with one attached hydrogen (secondary N) is 1. The van der Waals surface area contributed by atoms with Crippen LogP contribution < -0.4 is 5.32 Å². The molecule has 0 aromatic heterocycles. The first-order valence-electron chi connectivity index (χ1n) is 5.45. The van der Waals surface area contributed by atoms with Crippen molar-refractivity contribution in [3.05, 3.63) is 56.0 Å². The third-order valence-electron chi connectivity index (χ3n) is 2.69. The molecule has 2 aromatic carbocycles. The Morgan fingerprint density at radius 2 is 1.89 bits per heavy atom. The van der Waals surface area contributed by atoms with E-state index in [2.05, 4.69) is 27.3 Å². The van der Waals surface area contributed by atoms with Crippen LogP contribution in [0.4, 0.5) is 11.4 Å². The molecule has 0 unspecified atom stereocenters. The molecular weight excluding hydrogens is 347 g/mol. The average Bonchev–Trinajstić information content (AvgIpc) is 2.41. The van der Waals surface area contributed by atoms with Gasteiger partial charge in [0.25, 0.3) is 0 Å². The van der Waals surface area contributed by atoms with Crippen molar-refractivity contribution in [2.75, 3.05) is 5.32 Å². The minimum absolute atomic E-state index is 0.420. The van der Waals surface area contributed by atoms with Crippen molar-refractivity contribution in [1.29, 1.82) is 5.26 Å². The Balaban J connectivity index is 2.49. The highest BCUT2D eigenvalue weighted by molar-refractivity contribution is 9.10. The van der Waals surface area contributed by atoms with Gasteiger partial charge < -0.3 is 5.32 Å². The minimum atomic E-state index is 0.420. The van der Waals surface area contributed by atoms with Gasteiger partial charge in [0, 0.05) is 4.47 Å². The molecule has 0 amide bonds. The van der Waals surface area contributed by atoms with Crippen molar-refractivity contribution in [2.45, 2.75) is 6.92 Å². The summed E-state index contributed by atoms with van der Waals surface area (Å²) < 4.78 is 0.731. The SMILES string of the molecule is Cc1cccc(C#N)c1Nc1ccc(Br)c(Cl)c1Cl. The number of nitrogens with zero attached hydrogens (tertiary/aromatic N) is 1. The van der Waals surface area contributed by atoms with Crippen LogP contribution in [0, 0.1) is 18.3 Å². The average molecular weight is 356 g/mol. The van der Waals surface area contributed by atoms with Crippen molar-refractivity contribution in [2.24, 2.45) is 0 Å². The molecule has 0 radical (unpaired) electrons. The van der Waals surface area contributed by atoms with Gasteiger partial charge in [0.15, 0.2) is 0 Å². The molecule has 0 aliphatic rings. The molecule has 96 valence electrons. The monoisotopic (exact) mass is 354 g/mol. The number of halogens is 3. The van der Waals surface area contributed by atoms with Crippen LogP contribution >= 0.6 is 39.1 Å². The second-order valence-corrected chi connectivity index (χ2v) is 5.57. The first-order valence-corrected chi connectivity index (χ1v) is 6.99. The Kier molecular flexibility index (Phi) is 4.36. The van der Waals surface area contributed by atoms with Gasteiger partial charge in [-0.3, -0.25) is 0 Å². The Bertz CT molecular complexity index is 678. The zero-order chi connectivity index (χ0) is 14.0. The van der Waals surface area contributed by atoms with E-state index in [-0.39, 0.29) is 0 Å². The van der Waals surface area contributed by atoms with Gasteiger partial charge >= 0.3 is 0 Å². The summed E-state index contributed by atoms with van der Waals surface area (Å²) in [5, 5.41) is 13.2. The van der Waals surface area contributed by atoms with Crippen molar-refractivity contribution in [1.82, 2.24) is 0 Å². The fraction of sp³-hybridized carbons (Fsp3) is 0.0714. The quantitative estimate of drug-likeness (QED) is 0.703. The lowest BCUT2D eigenvalue weighted by Gasteiger charge is -2.13. The number of aryl methyl sites for hydroxylation is 1. The second-order valence-electron chi connectivity index (χ2n) is 3.96. The van der Waals surface area contributed by atoms with Gasteiger partial charge in [-0.15, -0.1) is 0 Å². The maximum absolute atomic E-state index is 9.13. The summed E-state index contributed by atoms with van der Waals surface area (Å²) in [7, 11) is 0. The van der Waals surface area contributed by atoms with Crippen LogP contribution in [-0.4, -0.2) is 0 Å². The summed E-state index contributed by atoms with van der Waals surface area (Å²) in [6.07, 6.45) is 0. The van der Waals surface area contributed by atoms with Crippen molar-refractivity contribution >= 4 is 50.5 Å². The summed E-state index contributed by atoms with van der Waals surface area (Å²) in [6.45, 7) is 1.93. The van der Waals surface area contributed by atoms with Crippen LogP contribution in [0.25, 0.3) is 0 Å². The van der Waals surface area contributed by atoms with Crippen LogP contribution in [0.1, 0.15) is 11.1 Å². The van der Waals surface area contributed by atoms with Crippen molar-refractivity contribution < 1.29 is 0 Å². The Morgan fingerprint density at radius 3 is 2.58 bits per heavy atom. The van der Waals surface area contributed by atoms with Crippen molar-refractivity contribution in [3.63, 3.8) is 0 Å². The Morgan fingerprint density at radius 1 is 1.16 bits per heavy atom. The van der Waals surface area contributed by atoms with E-state index >= 15 is 0 Å². The van der Waals surface area contributed by atoms with Crippen LogP contribution in [-0.2, 0) is 0 Å². The molecule has 2 aromatic rings. The van der Waals surface area contributed by atoms with E-state index in [0.717, 1.165) is 15.7 Å². The van der Waals surface area contributed by atoms with Gasteiger partial charge in [0.2, 0.25) is 0 Å². The zero-order valence-corrected chi connectivity index (χ0v) is 13.1. The number of hydrogen-bond acceptors (Lipinski definition) is 2. The fourth-order valence-electron chi connectivity index (χ4n) is 1.68. The molecule has 0 aliphatic heterocycles. The third-order valence-corrected chi connectivity index (χ3v) is 4.46. The zero-order valence-electron chi connectivity index (χ0n) is 9.97. The first kappa shape index (κ1) is 14.2. The highest BCUT2D eigenvalue weighted by Crippen LogP contribution is 2.38. The van der Waals surface area contributed by atoms with E-state index in [4.69, 9.17) is 28.5 Å². The molecule has 0 atom stereocenters. The van der Waals surface area contributed by atoms with Gasteiger partial charge in [0.1, 0.15) is 6.07 Å². The standard InChI is InChI=1S/C14H9BrCl2N2/c1-8-3-2-4-9(7-18)14(8)19-11-6-5-10(15)12(16)13(11)17/h2-6,19H,1H3. The molecule has 2 rings (SSSR count). The molecule has 0 spiro atoms. The number of para-hydroxylation sites is 1. The summed E-state index contributed by atoms with van der Waals surface area (Å²) in [5.74, 6) is 0. The van der Waals surface area contributed by atoms with Gasteiger partial charge in [-0.25, -0.2) is 0 Å². The maximum Gasteiger partial charge on any atom is 0.101 e. The van der Waals surface area contributed by atoms with E-state index in [0.29, 0.717) is 21.3 Å². The molecule has 0 fully saturated rings. The predicted octanol–water partition coefficient (Wildman–Crippen LogP) is 5.68. The van der Waals surface area contributed by atoms with E-state index in [9.17, 15) is 0 Å². The molecule has 0 heterocycles. The van der Waals surface area contributed by atoms with Gasteiger partial charge in [-0.1, -0.05) is 35.3 Å². The van der Waals surface area contributed by atoms with Gasteiger partial charge in [-0.05, 0) is 46.6 Å². The molecule has 0 aliphatic carbocycles. The molecule has 1 N–H and O–H groups in total. The summed E-state index contributed by atoms with van der Waals surface area (Å²) >= 11 is 15.6. The number of rotatable bonds is 2. The Hall–Kier alpha value is -1.21. The van der Waals surface area contributed by atoms with Crippen LogP contribution in [0.15, 0.2) is 34.8 Å². The first-order chi connectivity index (χ1) is 9.04. The lowest BCUT2D eigenvalue weighted by atomic mass is 10.1. The topological polar surface area (TPSA) is 35.8 Å². The highest BCUT2D eigenvalue weighted by atomic mass is 79.9. The predicted molar refractivity (Wildman–Crippen MR) is 83.3 cm³/mol. The number of benzene rings is 2. The van der Waals surface area contributed by atoms with Crippen molar-refractivity contribution in [3.8, 4) is 6.07 Å². The molecule has 0 bridgehead atoms. The van der Waals surface area contributed by atoms with Gasteiger partial charge in [-0.2, -0.15) is 5.26 Å². The number of nitriles is 1. The molecule has 2 nitrogen and oxygen atoms in total. The molecular formula is C14H9BrCl2N2. The van der Waals surface area contributed by atoms with E-state index in [1.54, 1.807) is 12.1 Å². The van der Waals surface area contributed by atoms with Crippen LogP contribution in [0.3, 0.4) is 0 Å². The van der Waals surface area contributed by atoms with E-state index in [1.807, 2.05) is 25.1 Å². The molecule has 19 heavy (non-hydrogen) atoms. The van der Waals surface area contributed by atoms with Gasteiger partial charge in [0.05, 0.1) is 27.0 Å². The smallest absolute Gasteiger partial charge is 0.101 e. The lowest BCUT2D eigenvalue weighted by Crippen LogP contribution is -1.97. The Labute approximate surface area is 130 Å². The number of anilines is 2. The second kappa shape index (κ2) is 5.83. The normalized spacial score (nSPS) is 10.1. The minimum Gasteiger partial charge on any atom is -0.353 e.